The summed E-state index contributed by atoms with van der Waals surface area (Å²) >= 11 is 6.05. The molecule has 3 rings (SSSR count). The molecular weight excluding hydrogens is 298 g/mol. The summed E-state index contributed by atoms with van der Waals surface area (Å²) in [5.41, 5.74) is 1.99. The highest BCUT2D eigenvalue weighted by Crippen LogP contribution is 2.27. The van der Waals surface area contributed by atoms with Crippen LogP contribution in [0.3, 0.4) is 0 Å². The summed E-state index contributed by atoms with van der Waals surface area (Å²) in [4.78, 5) is 6.54. The van der Waals surface area contributed by atoms with Gasteiger partial charge < -0.3 is 9.47 Å². The third-order valence-electron chi connectivity index (χ3n) is 3.68. The van der Waals surface area contributed by atoms with Crippen molar-refractivity contribution < 1.29 is 0 Å². The second-order valence-corrected chi connectivity index (χ2v) is 6.03. The van der Waals surface area contributed by atoms with Gasteiger partial charge in [-0.2, -0.15) is 0 Å². The maximum atomic E-state index is 6.05. The number of anilines is 1. The lowest BCUT2D eigenvalue weighted by atomic mass is 10.1. The van der Waals surface area contributed by atoms with Gasteiger partial charge in [0.15, 0.2) is 5.82 Å². The number of benzene rings is 1. The Bertz CT molecular complexity index is 796. The molecule has 1 aromatic carbocycles. The summed E-state index contributed by atoms with van der Waals surface area (Å²) in [7, 11) is 2.04. The molecule has 6 heteroatoms. The van der Waals surface area contributed by atoms with Gasteiger partial charge in [0.2, 0.25) is 0 Å². The Labute approximate surface area is 134 Å². The number of aromatic nitrogens is 4. The SMILES string of the molecule is CC(C)n1cnnc1CN(C)c1ccnc2cc(Cl)ccc12. The molecule has 0 fully saturated rings. The van der Waals surface area contributed by atoms with E-state index in [2.05, 4.69) is 38.5 Å². The van der Waals surface area contributed by atoms with Crippen molar-refractivity contribution in [3.8, 4) is 0 Å². The minimum absolute atomic E-state index is 0.339. The largest absolute Gasteiger partial charge is 0.366 e. The fraction of sp³-hybridized carbons (Fsp3) is 0.312. The number of hydrogen-bond acceptors (Lipinski definition) is 4. The predicted molar refractivity (Wildman–Crippen MR) is 89.3 cm³/mol. The van der Waals surface area contributed by atoms with Gasteiger partial charge in [0, 0.05) is 35.4 Å². The van der Waals surface area contributed by atoms with Gasteiger partial charge in [-0.25, -0.2) is 0 Å². The summed E-state index contributed by atoms with van der Waals surface area (Å²) in [5.74, 6) is 0.941. The molecule has 0 aliphatic carbocycles. The standard InChI is InChI=1S/C16H18ClN5/c1-11(2)22-10-19-20-16(22)9-21(3)15-6-7-18-14-8-12(17)4-5-13(14)15/h4-8,10-11H,9H2,1-3H3. The molecule has 0 bridgehead atoms. The van der Waals surface area contributed by atoms with Crippen LogP contribution in [-0.4, -0.2) is 26.8 Å². The lowest BCUT2D eigenvalue weighted by Gasteiger charge is -2.21. The van der Waals surface area contributed by atoms with E-state index in [1.807, 2.05) is 31.3 Å². The van der Waals surface area contributed by atoms with Gasteiger partial charge in [-0.3, -0.25) is 4.98 Å². The second-order valence-electron chi connectivity index (χ2n) is 5.60. The van der Waals surface area contributed by atoms with Gasteiger partial charge in [-0.15, -0.1) is 10.2 Å². The Hall–Kier alpha value is -2.14. The molecule has 3 aromatic rings. The monoisotopic (exact) mass is 315 g/mol. The number of rotatable bonds is 4. The van der Waals surface area contributed by atoms with E-state index in [4.69, 9.17) is 11.6 Å². The third-order valence-corrected chi connectivity index (χ3v) is 3.91. The summed E-state index contributed by atoms with van der Waals surface area (Å²) in [6, 6.07) is 8.12. The molecule has 5 nitrogen and oxygen atoms in total. The van der Waals surface area contributed by atoms with Crippen molar-refractivity contribution in [2.24, 2.45) is 0 Å². The van der Waals surface area contributed by atoms with Crippen LogP contribution >= 0.6 is 11.6 Å². The van der Waals surface area contributed by atoms with E-state index in [0.29, 0.717) is 17.6 Å². The molecule has 0 atom stereocenters. The lowest BCUT2D eigenvalue weighted by molar-refractivity contribution is 0.565. The summed E-state index contributed by atoms with van der Waals surface area (Å²) in [5, 5.41) is 10.0. The Morgan fingerprint density at radius 3 is 2.86 bits per heavy atom. The molecule has 2 aromatic heterocycles. The maximum Gasteiger partial charge on any atom is 0.152 e. The van der Waals surface area contributed by atoms with Gasteiger partial charge in [0.25, 0.3) is 0 Å². The maximum absolute atomic E-state index is 6.05. The minimum atomic E-state index is 0.339. The van der Waals surface area contributed by atoms with Crippen molar-refractivity contribution in [1.29, 1.82) is 0 Å². The molecule has 0 aliphatic heterocycles. The number of pyridine rings is 1. The van der Waals surface area contributed by atoms with Crippen LogP contribution in [0.2, 0.25) is 5.02 Å². The average Bonchev–Trinajstić information content (AvgIpc) is 2.94. The first-order valence-electron chi connectivity index (χ1n) is 7.20. The molecule has 2 heterocycles. The van der Waals surface area contributed by atoms with Gasteiger partial charge in [0.1, 0.15) is 6.33 Å². The first-order valence-corrected chi connectivity index (χ1v) is 7.58. The number of fused-ring (bicyclic) bond motifs is 1. The van der Waals surface area contributed by atoms with Crippen molar-refractivity contribution in [3.63, 3.8) is 0 Å². The molecule has 0 saturated heterocycles. The van der Waals surface area contributed by atoms with Crippen LogP contribution in [0.25, 0.3) is 10.9 Å². The van der Waals surface area contributed by atoms with Crippen LogP contribution in [0, 0.1) is 0 Å². The van der Waals surface area contributed by atoms with Crippen LogP contribution in [0.4, 0.5) is 5.69 Å². The molecule has 0 aliphatic rings. The van der Waals surface area contributed by atoms with E-state index >= 15 is 0 Å². The molecule has 0 spiro atoms. The molecule has 0 N–H and O–H groups in total. The first-order chi connectivity index (χ1) is 10.6. The third kappa shape index (κ3) is 2.76. The van der Waals surface area contributed by atoms with Crippen molar-refractivity contribution in [2.75, 3.05) is 11.9 Å². The van der Waals surface area contributed by atoms with Crippen molar-refractivity contribution in [1.82, 2.24) is 19.7 Å². The van der Waals surface area contributed by atoms with E-state index in [1.54, 1.807) is 12.5 Å². The highest BCUT2D eigenvalue weighted by molar-refractivity contribution is 6.31. The van der Waals surface area contributed by atoms with Gasteiger partial charge in [0.05, 0.1) is 12.1 Å². The van der Waals surface area contributed by atoms with Crippen LogP contribution in [0.1, 0.15) is 25.7 Å². The highest BCUT2D eigenvalue weighted by atomic mass is 35.5. The van der Waals surface area contributed by atoms with Gasteiger partial charge in [-0.1, -0.05) is 11.6 Å². The van der Waals surface area contributed by atoms with E-state index in [9.17, 15) is 0 Å². The quantitative estimate of drug-likeness (QED) is 0.736. The highest BCUT2D eigenvalue weighted by Gasteiger charge is 2.13. The second kappa shape index (κ2) is 5.93. The topological polar surface area (TPSA) is 46.8 Å². The van der Waals surface area contributed by atoms with Crippen molar-refractivity contribution in [2.45, 2.75) is 26.4 Å². The molecule has 0 saturated carbocycles. The zero-order chi connectivity index (χ0) is 15.7. The van der Waals surface area contributed by atoms with Crippen LogP contribution in [0.5, 0.6) is 0 Å². The summed E-state index contributed by atoms with van der Waals surface area (Å²) in [6.45, 7) is 4.92. The van der Waals surface area contributed by atoms with Crippen LogP contribution < -0.4 is 4.90 Å². The van der Waals surface area contributed by atoms with E-state index in [-0.39, 0.29) is 0 Å². The molecule has 0 unspecified atom stereocenters. The number of hydrogen-bond donors (Lipinski definition) is 0. The molecule has 114 valence electrons. The summed E-state index contributed by atoms with van der Waals surface area (Å²) in [6.07, 6.45) is 3.58. The fourth-order valence-corrected chi connectivity index (χ4v) is 2.71. The Kier molecular flexibility index (Phi) is 3.98. The Balaban J connectivity index is 1.95. The first kappa shape index (κ1) is 14.8. The summed E-state index contributed by atoms with van der Waals surface area (Å²) < 4.78 is 2.08. The smallest absolute Gasteiger partial charge is 0.152 e. The predicted octanol–water partition coefficient (Wildman–Crippen LogP) is 3.70. The number of nitrogens with zero attached hydrogens (tertiary/aromatic N) is 5. The normalized spacial score (nSPS) is 11.3. The van der Waals surface area contributed by atoms with Crippen LogP contribution in [0.15, 0.2) is 36.8 Å². The van der Waals surface area contributed by atoms with Crippen molar-refractivity contribution >= 4 is 28.2 Å². The zero-order valence-corrected chi connectivity index (χ0v) is 13.6. The van der Waals surface area contributed by atoms with Crippen LogP contribution in [-0.2, 0) is 6.54 Å². The number of halogens is 1. The molecule has 0 amide bonds. The molecular formula is C16H18ClN5. The Morgan fingerprint density at radius 1 is 1.27 bits per heavy atom. The Morgan fingerprint density at radius 2 is 2.09 bits per heavy atom. The fourth-order valence-electron chi connectivity index (χ4n) is 2.55. The lowest BCUT2D eigenvalue weighted by Crippen LogP contribution is -2.20. The average molecular weight is 316 g/mol. The van der Waals surface area contributed by atoms with E-state index in [1.165, 1.54) is 0 Å². The van der Waals surface area contributed by atoms with Gasteiger partial charge in [-0.05, 0) is 38.1 Å². The van der Waals surface area contributed by atoms with Gasteiger partial charge >= 0.3 is 0 Å². The van der Waals surface area contributed by atoms with E-state index < -0.39 is 0 Å². The minimum Gasteiger partial charge on any atom is -0.366 e. The van der Waals surface area contributed by atoms with Crippen molar-refractivity contribution in [3.05, 3.63) is 47.6 Å². The molecule has 22 heavy (non-hydrogen) atoms. The molecule has 0 radical (unpaired) electrons. The zero-order valence-electron chi connectivity index (χ0n) is 12.9. The van der Waals surface area contributed by atoms with E-state index in [0.717, 1.165) is 22.4 Å².